The van der Waals surface area contributed by atoms with Crippen molar-refractivity contribution in [2.45, 2.75) is 65.6 Å². The van der Waals surface area contributed by atoms with Crippen LogP contribution in [0.5, 0.6) is 0 Å². The fourth-order valence-electron chi connectivity index (χ4n) is 3.09. The number of nitrogens with zero attached hydrogens (tertiary/aromatic N) is 1. The van der Waals surface area contributed by atoms with Crippen LogP contribution < -0.4 is 10.6 Å². The van der Waals surface area contributed by atoms with E-state index in [9.17, 15) is 5.11 Å². The third-order valence-corrected chi connectivity index (χ3v) is 4.72. The smallest absolute Gasteiger partial charge is 0.191 e. The molecule has 2 rings (SSSR count). The lowest BCUT2D eigenvalue weighted by Gasteiger charge is -2.35. The van der Waals surface area contributed by atoms with Gasteiger partial charge < -0.3 is 15.7 Å². The van der Waals surface area contributed by atoms with Crippen molar-refractivity contribution in [3.63, 3.8) is 0 Å². The summed E-state index contributed by atoms with van der Waals surface area (Å²) in [6, 6.07) is 8.43. The number of guanidine groups is 1. The van der Waals surface area contributed by atoms with Gasteiger partial charge in [-0.15, -0.1) is 24.0 Å². The first kappa shape index (κ1) is 21.2. The van der Waals surface area contributed by atoms with Crippen molar-refractivity contribution in [1.82, 2.24) is 10.6 Å². The molecule has 0 atom stereocenters. The van der Waals surface area contributed by atoms with Gasteiger partial charge in [-0.1, -0.05) is 38.1 Å². The van der Waals surface area contributed by atoms with Crippen LogP contribution in [0.25, 0.3) is 0 Å². The van der Waals surface area contributed by atoms with Gasteiger partial charge in [0.25, 0.3) is 0 Å². The fourth-order valence-corrected chi connectivity index (χ4v) is 3.09. The molecule has 0 heterocycles. The highest BCUT2D eigenvalue weighted by Crippen LogP contribution is 2.34. The van der Waals surface area contributed by atoms with Gasteiger partial charge in [0.05, 0.1) is 13.2 Å². The normalized spacial score (nSPS) is 17.9. The molecule has 24 heavy (non-hydrogen) atoms. The molecule has 1 aliphatic carbocycles. The second-order valence-corrected chi connectivity index (χ2v) is 7.20. The fraction of sp³-hybridized carbons (Fsp3) is 0.632. The lowest BCUT2D eigenvalue weighted by molar-refractivity contribution is 0.216. The molecule has 3 N–H and O–H groups in total. The van der Waals surface area contributed by atoms with Crippen molar-refractivity contribution >= 4 is 29.9 Å². The van der Waals surface area contributed by atoms with Crippen LogP contribution in [0.1, 0.15) is 57.6 Å². The van der Waals surface area contributed by atoms with Gasteiger partial charge in [-0.3, -0.25) is 0 Å². The molecule has 0 bridgehead atoms. The van der Waals surface area contributed by atoms with Crippen LogP contribution in [0.3, 0.4) is 0 Å². The third-order valence-electron chi connectivity index (χ3n) is 4.72. The van der Waals surface area contributed by atoms with Crippen LogP contribution in [0.4, 0.5) is 0 Å². The van der Waals surface area contributed by atoms with Crippen molar-refractivity contribution in [3.05, 3.63) is 35.4 Å². The van der Waals surface area contributed by atoms with Crippen LogP contribution in [0.15, 0.2) is 29.3 Å². The second-order valence-electron chi connectivity index (χ2n) is 7.20. The molecular weight excluding hydrogens is 413 g/mol. The number of aliphatic hydroxyl groups is 1. The van der Waals surface area contributed by atoms with E-state index in [0.29, 0.717) is 18.0 Å². The summed E-state index contributed by atoms with van der Waals surface area (Å²) in [5.74, 6) is 0.880. The lowest BCUT2D eigenvalue weighted by Crippen LogP contribution is -2.45. The summed E-state index contributed by atoms with van der Waals surface area (Å²) in [6.07, 6.45) is 4.92. The van der Waals surface area contributed by atoms with E-state index in [2.05, 4.69) is 31.4 Å². The lowest BCUT2D eigenvalue weighted by atomic mass is 9.75. The Morgan fingerprint density at radius 1 is 1.21 bits per heavy atom. The van der Waals surface area contributed by atoms with Gasteiger partial charge in [0.2, 0.25) is 0 Å². The maximum atomic E-state index is 9.42. The number of aliphatic hydroxyl groups excluding tert-OH is 1. The molecule has 0 unspecified atom stereocenters. The highest BCUT2D eigenvalue weighted by Gasteiger charge is 2.27. The van der Waals surface area contributed by atoms with Crippen molar-refractivity contribution in [3.8, 4) is 0 Å². The second kappa shape index (κ2) is 10.2. The topological polar surface area (TPSA) is 56.7 Å². The summed E-state index contributed by atoms with van der Waals surface area (Å²) >= 11 is 0. The molecule has 0 amide bonds. The van der Waals surface area contributed by atoms with Gasteiger partial charge in [-0.05, 0) is 49.1 Å². The van der Waals surface area contributed by atoms with Crippen LogP contribution in [0.2, 0.25) is 0 Å². The Morgan fingerprint density at radius 3 is 2.42 bits per heavy atom. The van der Waals surface area contributed by atoms with E-state index in [0.717, 1.165) is 23.6 Å². The van der Waals surface area contributed by atoms with Gasteiger partial charge in [0.15, 0.2) is 5.96 Å². The number of benzene rings is 1. The molecule has 5 heteroatoms. The molecule has 0 radical (unpaired) electrons. The van der Waals surface area contributed by atoms with E-state index < -0.39 is 0 Å². The molecule has 4 nitrogen and oxygen atoms in total. The van der Waals surface area contributed by atoms with Crippen molar-refractivity contribution < 1.29 is 5.11 Å². The zero-order valence-corrected chi connectivity index (χ0v) is 17.5. The largest absolute Gasteiger partial charge is 0.392 e. The zero-order valence-electron chi connectivity index (χ0n) is 15.1. The van der Waals surface area contributed by atoms with E-state index in [-0.39, 0.29) is 30.6 Å². The quantitative estimate of drug-likeness (QED) is 0.367. The standard InChI is InChI=1S/C19H31N3O.HI/c1-4-20-18(22-17-9-11-19(2,3)12-10-17)21-13-15-7-5-6-8-16(15)14-23;/h5-8,17,23H,4,9-14H2,1-3H3,(H2,20,21,22);1H. The number of hydrogen-bond acceptors (Lipinski definition) is 2. The Balaban J connectivity index is 0.00000288. The summed E-state index contributed by atoms with van der Waals surface area (Å²) in [5, 5.41) is 16.3. The van der Waals surface area contributed by atoms with Gasteiger partial charge in [0, 0.05) is 12.6 Å². The summed E-state index contributed by atoms with van der Waals surface area (Å²) in [6.45, 7) is 8.30. The van der Waals surface area contributed by atoms with E-state index in [1.54, 1.807) is 0 Å². The number of hydrogen-bond donors (Lipinski definition) is 3. The average Bonchev–Trinajstić information content (AvgIpc) is 2.55. The van der Waals surface area contributed by atoms with Crippen molar-refractivity contribution in [1.29, 1.82) is 0 Å². The SMILES string of the molecule is CCNC(=NCc1ccccc1CO)NC1CCC(C)(C)CC1.I. The van der Waals surface area contributed by atoms with Crippen LogP contribution >= 0.6 is 24.0 Å². The monoisotopic (exact) mass is 445 g/mol. The molecule has 1 saturated carbocycles. The van der Waals surface area contributed by atoms with Gasteiger partial charge in [0.1, 0.15) is 0 Å². The minimum absolute atomic E-state index is 0. The van der Waals surface area contributed by atoms with E-state index in [1.807, 2.05) is 24.3 Å². The third kappa shape index (κ3) is 6.59. The van der Waals surface area contributed by atoms with Gasteiger partial charge >= 0.3 is 0 Å². The molecular formula is C19H32IN3O. The molecule has 0 spiro atoms. The maximum absolute atomic E-state index is 9.42. The molecule has 0 aromatic heterocycles. The van der Waals surface area contributed by atoms with E-state index in [4.69, 9.17) is 4.99 Å². The average molecular weight is 445 g/mol. The predicted molar refractivity (Wildman–Crippen MR) is 112 cm³/mol. The first-order chi connectivity index (χ1) is 11.0. The number of rotatable bonds is 5. The molecule has 136 valence electrons. The molecule has 1 aromatic carbocycles. The van der Waals surface area contributed by atoms with Crippen LogP contribution in [0, 0.1) is 5.41 Å². The highest BCUT2D eigenvalue weighted by molar-refractivity contribution is 14.0. The Bertz CT molecular complexity index is 521. The summed E-state index contributed by atoms with van der Waals surface area (Å²) in [5.41, 5.74) is 2.51. The molecule has 0 saturated heterocycles. The first-order valence-electron chi connectivity index (χ1n) is 8.76. The predicted octanol–water partition coefficient (Wildman–Crippen LogP) is 3.82. The first-order valence-corrected chi connectivity index (χ1v) is 8.76. The Hall–Kier alpha value is -0.820. The van der Waals surface area contributed by atoms with Crippen molar-refractivity contribution in [2.24, 2.45) is 10.4 Å². The Labute approximate surface area is 163 Å². The maximum Gasteiger partial charge on any atom is 0.191 e. The van der Waals surface area contributed by atoms with Crippen LogP contribution in [-0.4, -0.2) is 23.7 Å². The summed E-state index contributed by atoms with van der Waals surface area (Å²) in [7, 11) is 0. The van der Waals surface area contributed by atoms with Crippen molar-refractivity contribution in [2.75, 3.05) is 6.54 Å². The van der Waals surface area contributed by atoms with Gasteiger partial charge in [-0.25, -0.2) is 4.99 Å². The minimum atomic E-state index is 0. The molecule has 1 aliphatic rings. The zero-order chi connectivity index (χ0) is 16.7. The number of halogens is 1. The van der Waals surface area contributed by atoms with E-state index >= 15 is 0 Å². The van der Waals surface area contributed by atoms with Crippen LogP contribution in [-0.2, 0) is 13.2 Å². The number of aliphatic imine (C=N–C) groups is 1. The summed E-state index contributed by atoms with van der Waals surface area (Å²) in [4.78, 5) is 4.71. The minimum Gasteiger partial charge on any atom is -0.392 e. The Kier molecular flexibility index (Phi) is 9.05. The molecule has 1 fully saturated rings. The van der Waals surface area contributed by atoms with E-state index in [1.165, 1.54) is 25.7 Å². The summed E-state index contributed by atoms with van der Waals surface area (Å²) < 4.78 is 0. The molecule has 0 aliphatic heterocycles. The highest BCUT2D eigenvalue weighted by atomic mass is 127. The molecule has 1 aromatic rings. The Morgan fingerprint density at radius 2 is 1.83 bits per heavy atom. The van der Waals surface area contributed by atoms with Gasteiger partial charge in [-0.2, -0.15) is 0 Å². The number of nitrogens with one attached hydrogen (secondary N) is 2.